The normalized spacial score (nSPS) is 24.3. The number of hydrogen-bond acceptors (Lipinski definition) is 4. The summed E-state index contributed by atoms with van der Waals surface area (Å²) in [5.74, 6) is 0.745. The number of hydrogen-bond donors (Lipinski definition) is 2. The van der Waals surface area contributed by atoms with Gasteiger partial charge >= 0.3 is 0 Å². The molecule has 19 heavy (non-hydrogen) atoms. The molecule has 5 nitrogen and oxygen atoms in total. The highest BCUT2D eigenvalue weighted by molar-refractivity contribution is 5.81. The average molecular weight is 266 g/mol. The van der Waals surface area contributed by atoms with Gasteiger partial charge in [0.2, 0.25) is 5.91 Å². The summed E-state index contributed by atoms with van der Waals surface area (Å²) in [7, 11) is 1.73. The maximum absolute atomic E-state index is 12.0. The van der Waals surface area contributed by atoms with Gasteiger partial charge in [-0.1, -0.05) is 0 Å². The van der Waals surface area contributed by atoms with E-state index in [0.717, 1.165) is 25.0 Å². The fourth-order valence-corrected chi connectivity index (χ4v) is 2.54. The van der Waals surface area contributed by atoms with Gasteiger partial charge in [-0.15, -0.1) is 0 Å². The first-order valence-corrected chi connectivity index (χ1v) is 6.79. The Balaban J connectivity index is 1.75. The maximum atomic E-state index is 12.0. The van der Waals surface area contributed by atoms with Crippen molar-refractivity contribution in [2.75, 3.05) is 7.11 Å². The SMILES string of the molecule is COC1CCCC1NC(C)C(=O)NCc1ccco1. The van der Waals surface area contributed by atoms with E-state index in [1.165, 1.54) is 0 Å². The number of rotatable bonds is 6. The second-order valence-electron chi connectivity index (χ2n) is 5.00. The Hall–Kier alpha value is -1.33. The number of carbonyl (C=O) groups is 1. The van der Waals surface area contributed by atoms with Crippen LogP contribution in [0.25, 0.3) is 0 Å². The van der Waals surface area contributed by atoms with Gasteiger partial charge in [-0.05, 0) is 38.3 Å². The third-order valence-corrected chi connectivity index (χ3v) is 3.63. The predicted octanol–water partition coefficient (Wildman–Crippen LogP) is 1.44. The summed E-state index contributed by atoms with van der Waals surface area (Å²) in [6, 6.07) is 3.70. The molecule has 1 fully saturated rings. The van der Waals surface area contributed by atoms with Gasteiger partial charge in [0.05, 0.1) is 25.0 Å². The fourth-order valence-electron chi connectivity index (χ4n) is 2.54. The minimum atomic E-state index is -0.226. The van der Waals surface area contributed by atoms with E-state index in [-0.39, 0.29) is 24.1 Å². The van der Waals surface area contributed by atoms with Gasteiger partial charge < -0.3 is 19.8 Å². The van der Waals surface area contributed by atoms with Crippen molar-refractivity contribution >= 4 is 5.91 Å². The minimum absolute atomic E-state index is 0.0156. The van der Waals surface area contributed by atoms with Gasteiger partial charge in [0, 0.05) is 13.2 Å². The molecule has 3 unspecified atom stereocenters. The molecule has 1 amide bonds. The van der Waals surface area contributed by atoms with Crippen LogP contribution >= 0.6 is 0 Å². The van der Waals surface area contributed by atoms with Crippen molar-refractivity contribution < 1.29 is 13.9 Å². The van der Waals surface area contributed by atoms with Gasteiger partial charge in [-0.3, -0.25) is 4.79 Å². The first-order valence-electron chi connectivity index (χ1n) is 6.79. The van der Waals surface area contributed by atoms with Crippen LogP contribution < -0.4 is 10.6 Å². The molecule has 2 rings (SSSR count). The Morgan fingerprint density at radius 2 is 2.42 bits per heavy atom. The van der Waals surface area contributed by atoms with E-state index in [0.29, 0.717) is 6.54 Å². The van der Waals surface area contributed by atoms with Gasteiger partial charge in [0.1, 0.15) is 5.76 Å². The Labute approximate surface area is 113 Å². The fraction of sp³-hybridized carbons (Fsp3) is 0.643. The Morgan fingerprint density at radius 3 is 3.11 bits per heavy atom. The van der Waals surface area contributed by atoms with E-state index < -0.39 is 0 Å². The molecule has 2 N–H and O–H groups in total. The number of amides is 1. The Morgan fingerprint density at radius 1 is 1.58 bits per heavy atom. The van der Waals surface area contributed by atoms with E-state index in [9.17, 15) is 4.79 Å². The summed E-state index contributed by atoms with van der Waals surface area (Å²) in [4.78, 5) is 12.0. The molecule has 0 aliphatic heterocycles. The second kappa shape index (κ2) is 6.73. The third-order valence-electron chi connectivity index (χ3n) is 3.63. The summed E-state index contributed by atoms with van der Waals surface area (Å²) in [5.41, 5.74) is 0. The molecule has 1 aliphatic rings. The van der Waals surface area contributed by atoms with E-state index in [4.69, 9.17) is 9.15 Å². The molecule has 1 aliphatic carbocycles. The summed E-state index contributed by atoms with van der Waals surface area (Å²) in [6.07, 6.45) is 5.10. The van der Waals surface area contributed by atoms with Crippen molar-refractivity contribution in [2.24, 2.45) is 0 Å². The number of carbonyl (C=O) groups excluding carboxylic acids is 1. The van der Waals surface area contributed by atoms with Crippen LogP contribution in [0.5, 0.6) is 0 Å². The molecule has 0 saturated heterocycles. The van der Waals surface area contributed by atoms with Crippen LogP contribution in [0.3, 0.4) is 0 Å². The zero-order valence-electron chi connectivity index (χ0n) is 11.5. The Kier molecular flexibility index (Phi) is 4.99. The number of ether oxygens (including phenoxy) is 1. The van der Waals surface area contributed by atoms with E-state index in [2.05, 4.69) is 10.6 Å². The molecule has 106 valence electrons. The van der Waals surface area contributed by atoms with Crippen LogP contribution in [0.4, 0.5) is 0 Å². The summed E-state index contributed by atoms with van der Waals surface area (Å²) in [6.45, 7) is 2.30. The maximum Gasteiger partial charge on any atom is 0.237 e. The lowest BCUT2D eigenvalue weighted by Crippen LogP contribution is -2.49. The van der Waals surface area contributed by atoms with E-state index >= 15 is 0 Å². The molecule has 0 bridgehead atoms. The summed E-state index contributed by atoms with van der Waals surface area (Å²) in [5, 5.41) is 6.20. The second-order valence-corrected chi connectivity index (χ2v) is 5.00. The molecular weight excluding hydrogens is 244 g/mol. The van der Waals surface area contributed by atoms with Crippen LogP contribution in [-0.2, 0) is 16.1 Å². The molecule has 1 aromatic heterocycles. The van der Waals surface area contributed by atoms with Crippen molar-refractivity contribution in [1.82, 2.24) is 10.6 Å². The highest BCUT2D eigenvalue weighted by Crippen LogP contribution is 2.21. The van der Waals surface area contributed by atoms with Gasteiger partial charge in [-0.25, -0.2) is 0 Å². The molecule has 1 aromatic rings. The summed E-state index contributed by atoms with van der Waals surface area (Å²) < 4.78 is 10.6. The van der Waals surface area contributed by atoms with Crippen molar-refractivity contribution in [2.45, 2.75) is 50.9 Å². The minimum Gasteiger partial charge on any atom is -0.467 e. The molecule has 3 atom stereocenters. The van der Waals surface area contributed by atoms with Crippen molar-refractivity contribution in [3.8, 4) is 0 Å². The first kappa shape index (κ1) is 14.1. The largest absolute Gasteiger partial charge is 0.467 e. The molecule has 5 heteroatoms. The monoisotopic (exact) mass is 266 g/mol. The number of nitrogens with one attached hydrogen (secondary N) is 2. The average Bonchev–Trinajstić information content (AvgIpc) is 3.06. The molecule has 0 aromatic carbocycles. The lowest BCUT2D eigenvalue weighted by molar-refractivity contribution is -0.123. The van der Waals surface area contributed by atoms with E-state index in [1.807, 2.05) is 19.1 Å². The number of methoxy groups -OCH3 is 1. The van der Waals surface area contributed by atoms with Crippen molar-refractivity contribution in [3.63, 3.8) is 0 Å². The van der Waals surface area contributed by atoms with Crippen molar-refractivity contribution in [1.29, 1.82) is 0 Å². The highest BCUT2D eigenvalue weighted by Gasteiger charge is 2.29. The van der Waals surface area contributed by atoms with Crippen molar-refractivity contribution in [3.05, 3.63) is 24.2 Å². The zero-order chi connectivity index (χ0) is 13.7. The predicted molar refractivity (Wildman–Crippen MR) is 71.6 cm³/mol. The zero-order valence-corrected chi connectivity index (χ0v) is 11.5. The lowest BCUT2D eigenvalue weighted by atomic mass is 10.1. The lowest BCUT2D eigenvalue weighted by Gasteiger charge is -2.23. The quantitative estimate of drug-likeness (QED) is 0.818. The third kappa shape index (κ3) is 3.81. The standard InChI is InChI=1S/C14H22N2O3/c1-10(16-12-6-3-7-13(12)18-2)14(17)15-9-11-5-4-8-19-11/h4-5,8,10,12-13,16H,3,6-7,9H2,1-2H3,(H,15,17). The highest BCUT2D eigenvalue weighted by atomic mass is 16.5. The first-order chi connectivity index (χ1) is 9.20. The molecule has 1 heterocycles. The van der Waals surface area contributed by atoms with Crippen LogP contribution in [0.15, 0.2) is 22.8 Å². The molecule has 0 radical (unpaired) electrons. The molecular formula is C14H22N2O3. The van der Waals surface area contributed by atoms with Crippen LogP contribution in [0.2, 0.25) is 0 Å². The summed E-state index contributed by atoms with van der Waals surface area (Å²) >= 11 is 0. The molecule has 1 saturated carbocycles. The van der Waals surface area contributed by atoms with Gasteiger partial charge in [-0.2, -0.15) is 0 Å². The van der Waals surface area contributed by atoms with Gasteiger partial charge in [0.15, 0.2) is 0 Å². The smallest absolute Gasteiger partial charge is 0.237 e. The topological polar surface area (TPSA) is 63.5 Å². The Bertz CT molecular complexity index is 391. The van der Waals surface area contributed by atoms with Crippen LogP contribution in [0, 0.1) is 0 Å². The van der Waals surface area contributed by atoms with Gasteiger partial charge in [0.25, 0.3) is 0 Å². The van der Waals surface area contributed by atoms with E-state index in [1.54, 1.807) is 13.4 Å². The van der Waals surface area contributed by atoms with Crippen LogP contribution in [-0.4, -0.2) is 31.2 Å². The van der Waals surface area contributed by atoms with Crippen LogP contribution in [0.1, 0.15) is 31.9 Å². The number of furan rings is 1. The molecule has 0 spiro atoms.